The van der Waals surface area contributed by atoms with Crippen molar-refractivity contribution in [1.29, 1.82) is 0 Å². The number of unbranched alkanes of at least 4 members (excludes halogenated alkanes) is 5. The highest BCUT2D eigenvalue weighted by atomic mass is 32.2. The zero-order chi connectivity index (χ0) is 16.1. The zero-order valence-electron chi connectivity index (χ0n) is 13.8. The van der Waals surface area contributed by atoms with E-state index in [2.05, 4.69) is 11.9 Å². The second-order valence-electron chi connectivity index (χ2n) is 5.88. The van der Waals surface area contributed by atoms with Crippen molar-refractivity contribution >= 4 is 38.0 Å². The van der Waals surface area contributed by atoms with E-state index in [1.807, 2.05) is 19.9 Å². The maximum absolute atomic E-state index is 12.5. The summed E-state index contributed by atoms with van der Waals surface area (Å²) in [5.74, 6) is 0.710. The van der Waals surface area contributed by atoms with Crippen LogP contribution in [0.3, 0.4) is 0 Å². The second-order valence-corrected chi connectivity index (χ2v) is 8.65. The van der Waals surface area contributed by atoms with Crippen molar-refractivity contribution in [1.82, 2.24) is 4.98 Å². The summed E-state index contributed by atoms with van der Waals surface area (Å²) < 4.78 is 13.3. The Morgan fingerprint density at radius 3 is 2.59 bits per heavy atom. The molecule has 0 bridgehead atoms. The maximum atomic E-state index is 12.5. The minimum atomic E-state index is -0.996. The Morgan fingerprint density at radius 2 is 1.86 bits per heavy atom. The molecule has 0 aliphatic heterocycles. The van der Waals surface area contributed by atoms with Gasteiger partial charge in [0, 0.05) is 16.8 Å². The van der Waals surface area contributed by atoms with E-state index in [0.29, 0.717) is 11.4 Å². The van der Waals surface area contributed by atoms with Gasteiger partial charge in [-0.15, -0.1) is 11.3 Å². The average molecular weight is 339 g/mol. The summed E-state index contributed by atoms with van der Waals surface area (Å²) in [6.07, 6.45) is 7.26. The number of rotatable bonds is 8. The molecule has 122 valence electrons. The van der Waals surface area contributed by atoms with Crippen molar-refractivity contribution in [2.75, 3.05) is 11.5 Å². The summed E-state index contributed by atoms with van der Waals surface area (Å²) in [5, 5.41) is 0.988. The third kappa shape index (κ3) is 4.07. The van der Waals surface area contributed by atoms with Crippen LogP contribution in [-0.2, 0) is 10.8 Å². The number of pyridine rings is 1. The summed E-state index contributed by atoms with van der Waals surface area (Å²) in [6.45, 7) is 6.24. The molecule has 2 aromatic heterocycles. The molecule has 2 N–H and O–H groups in total. The summed E-state index contributed by atoms with van der Waals surface area (Å²) in [6, 6.07) is 2.03. The predicted octanol–water partition coefficient (Wildman–Crippen LogP) is 4.96. The van der Waals surface area contributed by atoms with Gasteiger partial charge in [-0.05, 0) is 31.9 Å². The van der Waals surface area contributed by atoms with Crippen molar-refractivity contribution in [3.8, 4) is 0 Å². The highest BCUT2D eigenvalue weighted by Gasteiger charge is 2.17. The van der Waals surface area contributed by atoms with Crippen molar-refractivity contribution in [2.45, 2.75) is 63.5 Å². The number of fused-ring (bicyclic) bond motifs is 1. The van der Waals surface area contributed by atoms with Gasteiger partial charge in [0.2, 0.25) is 0 Å². The molecule has 1 atom stereocenters. The van der Waals surface area contributed by atoms with Gasteiger partial charge in [0.05, 0.1) is 16.5 Å². The van der Waals surface area contributed by atoms with E-state index in [-0.39, 0.29) is 0 Å². The fraction of sp³-hybridized carbons (Fsp3) is 0.588. The normalized spacial score (nSPS) is 12.9. The van der Waals surface area contributed by atoms with E-state index in [4.69, 9.17) is 5.73 Å². The van der Waals surface area contributed by atoms with Crippen LogP contribution in [-0.4, -0.2) is 14.9 Å². The number of aryl methyl sites for hydroxylation is 2. The van der Waals surface area contributed by atoms with Crippen LogP contribution in [0.1, 0.15) is 56.7 Å². The Balaban J connectivity index is 2.03. The molecule has 0 fully saturated rings. The van der Waals surface area contributed by atoms with Crippen molar-refractivity contribution < 1.29 is 4.21 Å². The Bertz CT molecular complexity index is 664. The van der Waals surface area contributed by atoms with E-state index in [9.17, 15) is 4.21 Å². The topological polar surface area (TPSA) is 56.0 Å². The fourth-order valence-corrected chi connectivity index (χ4v) is 5.53. The van der Waals surface area contributed by atoms with Gasteiger partial charge in [-0.3, -0.25) is 4.21 Å². The highest BCUT2D eigenvalue weighted by molar-refractivity contribution is 7.87. The molecule has 0 spiro atoms. The smallest absolute Gasteiger partial charge is 0.127 e. The van der Waals surface area contributed by atoms with Crippen LogP contribution in [0.4, 0.5) is 5.69 Å². The molecule has 0 aliphatic rings. The van der Waals surface area contributed by atoms with Gasteiger partial charge in [-0.25, -0.2) is 4.98 Å². The Morgan fingerprint density at radius 1 is 1.18 bits per heavy atom. The number of hydrogen-bond donors (Lipinski definition) is 1. The lowest BCUT2D eigenvalue weighted by Gasteiger charge is -2.02. The predicted molar refractivity (Wildman–Crippen MR) is 98.2 cm³/mol. The van der Waals surface area contributed by atoms with E-state index >= 15 is 0 Å². The molecule has 0 unspecified atom stereocenters. The van der Waals surface area contributed by atoms with Gasteiger partial charge in [-0.1, -0.05) is 39.0 Å². The number of hydrogen-bond acceptors (Lipinski definition) is 4. The minimum Gasteiger partial charge on any atom is -0.396 e. The van der Waals surface area contributed by atoms with E-state index in [1.165, 1.54) is 37.0 Å². The van der Waals surface area contributed by atoms with Gasteiger partial charge in [0.25, 0.3) is 0 Å². The van der Waals surface area contributed by atoms with E-state index in [0.717, 1.165) is 38.5 Å². The molecular weight excluding hydrogens is 312 g/mol. The number of anilines is 1. The fourth-order valence-electron chi connectivity index (χ4n) is 2.72. The first-order valence-electron chi connectivity index (χ1n) is 8.09. The lowest BCUT2D eigenvalue weighted by atomic mass is 10.1. The van der Waals surface area contributed by atoms with E-state index in [1.54, 1.807) is 0 Å². The van der Waals surface area contributed by atoms with Crippen LogP contribution in [0, 0.1) is 13.8 Å². The van der Waals surface area contributed by atoms with Crippen molar-refractivity contribution in [3.63, 3.8) is 0 Å². The summed E-state index contributed by atoms with van der Waals surface area (Å²) in [4.78, 5) is 5.45. The molecule has 22 heavy (non-hydrogen) atoms. The van der Waals surface area contributed by atoms with Gasteiger partial charge in [-0.2, -0.15) is 0 Å². The van der Waals surface area contributed by atoms with Crippen molar-refractivity contribution in [3.05, 3.63) is 17.3 Å². The van der Waals surface area contributed by atoms with Crippen LogP contribution in [0.2, 0.25) is 0 Å². The lowest BCUT2D eigenvalue weighted by Crippen LogP contribution is -1.99. The highest BCUT2D eigenvalue weighted by Crippen LogP contribution is 2.37. The number of nitrogen functional groups attached to an aromatic ring is 1. The first kappa shape index (κ1) is 17.4. The third-order valence-corrected chi connectivity index (χ3v) is 6.87. The average Bonchev–Trinajstić information content (AvgIpc) is 2.79. The van der Waals surface area contributed by atoms with Crippen LogP contribution in [0.25, 0.3) is 10.2 Å². The molecular formula is C17H26N2OS2. The molecule has 3 nitrogen and oxygen atoms in total. The zero-order valence-corrected chi connectivity index (χ0v) is 15.4. The molecule has 0 aliphatic carbocycles. The first-order chi connectivity index (χ1) is 10.5. The van der Waals surface area contributed by atoms with Gasteiger partial charge >= 0.3 is 0 Å². The number of nitrogens with zero attached hydrogens (tertiary/aromatic N) is 1. The molecule has 2 rings (SSSR count). The Kier molecular flexibility index (Phi) is 6.38. The van der Waals surface area contributed by atoms with E-state index < -0.39 is 10.8 Å². The Hall–Kier alpha value is -0.940. The van der Waals surface area contributed by atoms with Crippen LogP contribution in [0.15, 0.2) is 10.3 Å². The first-order valence-corrected chi connectivity index (χ1v) is 10.2. The van der Waals surface area contributed by atoms with Crippen molar-refractivity contribution in [2.24, 2.45) is 0 Å². The lowest BCUT2D eigenvalue weighted by molar-refractivity contribution is 0.622. The molecule has 0 saturated heterocycles. The molecule has 0 radical (unpaired) electrons. The quantitative estimate of drug-likeness (QED) is 0.692. The van der Waals surface area contributed by atoms with Gasteiger partial charge in [0.1, 0.15) is 9.04 Å². The molecule has 2 aromatic rings. The SMILES string of the molecule is CCCCCCCC[S@@](=O)c1sc2nc(C)cc(C)c2c1N. The molecule has 0 amide bonds. The second kappa shape index (κ2) is 8.06. The summed E-state index contributed by atoms with van der Waals surface area (Å²) in [5.41, 5.74) is 9.02. The summed E-state index contributed by atoms with van der Waals surface area (Å²) >= 11 is 1.50. The Labute approximate surface area is 139 Å². The largest absolute Gasteiger partial charge is 0.396 e. The van der Waals surface area contributed by atoms with Gasteiger partial charge < -0.3 is 5.73 Å². The number of nitrogens with two attached hydrogens (primary N) is 1. The maximum Gasteiger partial charge on any atom is 0.127 e. The van der Waals surface area contributed by atoms with Crippen LogP contribution >= 0.6 is 11.3 Å². The standard InChI is InChI=1S/C17H26N2OS2/c1-4-5-6-7-8-9-10-22(20)17-15(18)14-12(2)11-13(3)19-16(14)21-17/h11H,4-10,18H2,1-3H3/t22-/m1/s1. The molecule has 0 aromatic carbocycles. The molecule has 5 heteroatoms. The number of aromatic nitrogens is 1. The molecule has 0 saturated carbocycles. The van der Waals surface area contributed by atoms with Crippen LogP contribution in [0.5, 0.6) is 0 Å². The van der Waals surface area contributed by atoms with Crippen LogP contribution < -0.4 is 5.73 Å². The number of thiophene rings is 1. The monoisotopic (exact) mass is 338 g/mol. The molecule has 2 heterocycles. The summed E-state index contributed by atoms with van der Waals surface area (Å²) in [7, 11) is -0.996. The minimum absolute atomic E-state index is 0.675. The van der Waals surface area contributed by atoms with Gasteiger partial charge in [0.15, 0.2) is 0 Å². The third-order valence-electron chi connectivity index (χ3n) is 3.88.